The predicted molar refractivity (Wildman–Crippen MR) is 55.8 cm³/mol. The number of rotatable bonds is 2. The Bertz CT molecular complexity index is 266. The van der Waals surface area contributed by atoms with Crippen LogP contribution in [0, 0.1) is 5.41 Å². The Labute approximate surface area is 81.0 Å². The lowest BCUT2D eigenvalue weighted by atomic mass is 9.97. The summed E-state index contributed by atoms with van der Waals surface area (Å²) in [5, 5.41) is 4.34. The van der Waals surface area contributed by atoms with Crippen LogP contribution >= 0.6 is 0 Å². The largest absolute Gasteiger partial charge is 0.272 e. The first-order valence-electron chi connectivity index (χ1n) is 4.91. The first-order chi connectivity index (χ1) is 5.88. The van der Waals surface area contributed by atoms with E-state index in [9.17, 15) is 0 Å². The Kier molecular flexibility index (Phi) is 2.79. The van der Waals surface area contributed by atoms with Crippen LogP contribution in [-0.4, -0.2) is 9.78 Å². The average Bonchev–Trinajstić information content (AvgIpc) is 2.31. The third-order valence-corrected chi connectivity index (χ3v) is 1.96. The van der Waals surface area contributed by atoms with Gasteiger partial charge >= 0.3 is 0 Å². The van der Waals surface area contributed by atoms with E-state index in [0.717, 1.165) is 6.54 Å². The molecule has 0 fully saturated rings. The van der Waals surface area contributed by atoms with Crippen LogP contribution in [-0.2, 0) is 6.54 Å². The summed E-state index contributed by atoms with van der Waals surface area (Å²) in [5.41, 5.74) is 1.63. The fourth-order valence-electron chi connectivity index (χ4n) is 1.25. The van der Waals surface area contributed by atoms with Gasteiger partial charge in [-0.3, -0.25) is 4.68 Å². The fraction of sp³-hybridized carbons (Fsp3) is 0.727. The molecule has 0 aliphatic heterocycles. The molecular weight excluding hydrogens is 160 g/mol. The summed E-state index contributed by atoms with van der Waals surface area (Å²) in [6, 6.07) is 0. The molecule has 1 heterocycles. The normalized spacial score (nSPS) is 12.5. The molecule has 1 rings (SSSR count). The van der Waals surface area contributed by atoms with Gasteiger partial charge in [-0.15, -0.1) is 0 Å². The van der Waals surface area contributed by atoms with Gasteiger partial charge in [0, 0.05) is 12.7 Å². The van der Waals surface area contributed by atoms with Crippen LogP contribution in [0.5, 0.6) is 0 Å². The molecule has 1 aromatic heterocycles. The molecule has 0 saturated carbocycles. The van der Waals surface area contributed by atoms with Gasteiger partial charge in [-0.25, -0.2) is 0 Å². The first-order valence-corrected chi connectivity index (χ1v) is 4.91. The lowest BCUT2D eigenvalue weighted by molar-refractivity contribution is 0.325. The number of hydrogen-bond acceptors (Lipinski definition) is 1. The Morgan fingerprint density at radius 2 is 2.00 bits per heavy atom. The van der Waals surface area contributed by atoms with Crippen LogP contribution in [0.3, 0.4) is 0 Å². The van der Waals surface area contributed by atoms with Gasteiger partial charge in [-0.2, -0.15) is 5.10 Å². The van der Waals surface area contributed by atoms with Crippen molar-refractivity contribution in [3.05, 3.63) is 18.0 Å². The second-order valence-electron chi connectivity index (χ2n) is 5.19. The molecule has 0 aromatic carbocycles. The summed E-state index contributed by atoms with van der Waals surface area (Å²) in [5.74, 6) is 0.578. The minimum atomic E-state index is 0.306. The number of hydrogen-bond donors (Lipinski definition) is 0. The molecule has 74 valence electrons. The lowest BCUT2D eigenvalue weighted by Crippen LogP contribution is -2.15. The van der Waals surface area contributed by atoms with Crippen molar-refractivity contribution in [2.75, 3.05) is 0 Å². The standard InChI is InChI=1S/C11H20N2/c1-9(2)10-6-12-13(7-10)8-11(3,4)5/h6-7,9H,8H2,1-5H3. The molecule has 0 saturated heterocycles. The Morgan fingerprint density at radius 1 is 1.38 bits per heavy atom. The van der Waals surface area contributed by atoms with E-state index in [2.05, 4.69) is 45.9 Å². The summed E-state index contributed by atoms with van der Waals surface area (Å²) >= 11 is 0. The van der Waals surface area contributed by atoms with Gasteiger partial charge in [0.2, 0.25) is 0 Å². The summed E-state index contributed by atoms with van der Waals surface area (Å²) < 4.78 is 2.04. The third-order valence-electron chi connectivity index (χ3n) is 1.96. The molecule has 0 N–H and O–H groups in total. The zero-order chi connectivity index (χ0) is 10.1. The molecule has 13 heavy (non-hydrogen) atoms. The van der Waals surface area contributed by atoms with Crippen molar-refractivity contribution in [1.82, 2.24) is 9.78 Å². The van der Waals surface area contributed by atoms with Gasteiger partial charge in [0.1, 0.15) is 0 Å². The van der Waals surface area contributed by atoms with E-state index < -0.39 is 0 Å². The van der Waals surface area contributed by atoms with E-state index in [0.29, 0.717) is 11.3 Å². The van der Waals surface area contributed by atoms with Crippen molar-refractivity contribution >= 4 is 0 Å². The van der Waals surface area contributed by atoms with Gasteiger partial charge in [0.05, 0.1) is 6.20 Å². The molecule has 0 radical (unpaired) electrons. The highest BCUT2D eigenvalue weighted by molar-refractivity contribution is 5.08. The Hall–Kier alpha value is -0.790. The fourth-order valence-corrected chi connectivity index (χ4v) is 1.25. The number of aromatic nitrogens is 2. The monoisotopic (exact) mass is 180 g/mol. The topological polar surface area (TPSA) is 17.8 Å². The van der Waals surface area contributed by atoms with E-state index in [1.807, 2.05) is 10.9 Å². The highest BCUT2D eigenvalue weighted by Gasteiger charge is 2.12. The Balaban J connectivity index is 2.70. The predicted octanol–water partition coefficient (Wildman–Crippen LogP) is 3.05. The molecule has 1 aromatic rings. The van der Waals surface area contributed by atoms with Crippen molar-refractivity contribution in [3.63, 3.8) is 0 Å². The minimum absolute atomic E-state index is 0.306. The quantitative estimate of drug-likeness (QED) is 0.684. The second-order valence-corrected chi connectivity index (χ2v) is 5.19. The van der Waals surface area contributed by atoms with Crippen molar-refractivity contribution in [2.45, 2.75) is 47.1 Å². The van der Waals surface area contributed by atoms with Gasteiger partial charge in [-0.05, 0) is 16.9 Å². The molecule has 0 unspecified atom stereocenters. The van der Waals surface area contributed by atoms with Crippen LogP contribution in [0.1, 0.15) is 46.1 Å². The first kappa shape index (κ1) is 10.3. The lowest BCUT2D eigenvalue weighted by Gasteiger charge is -2.17. The molecule has 2 heteroatoms. The second kappa shape index (κ2) is 3.52. The average molecular weight is 180 g/mol. The molecule has 0 bridgehead atoms. The minimum Gasteiger partial charge on any atom is -0.272 e. The smallest absolute Gasteiger partial charge is 0.0524 e. The van der Waals surface area contributed by atoms with E-state index in [1.165, 1.54) is 5.56 Å². The molecule has 0 atom stereocenters. The van der Waals surface area contributed by atoms with Gasteiger partial charge in [-0.1, -0.05) is 34.6 Å². The molecule has 0 amide bonds. The maximum atomic E-state index is 4.34. The number of nitrogens with zero attached hydrogens (tertiary/aromatic N) is 2. The Morgan fingerprint density at radius 3 is 2.38 bits per heavy atom. The van der Waals surface area contributed by atoms with Crippen LogP contribution < -0.4 is 0 Å². The summed E-state index contributed by atoms with van der Waals surface area (Å²) in [6.07, 6.45) is 4.12. The SMILES string of the molecule is CC(C)c1cnn(CC(C)(C)C)c1. The van der Waals surface area contributed by atoms with E-state index >= 15 is 0 Å². The van der Waals surface area contributed by atoms with Crippen molar-refractivity contribution in [3.8, 4) is 0 Å². The molecule has 0 aliphatic rings. The third kappa shape index (κ3) is 3.21. The summed E-state index contributed by atoms with van der Waals surface area (Å²) in [4.78, 5) is 0. The van der Waals surface area contributed by atoms with Crippen molar-refractivity contribution in [1.29, 1.82) is 0 Å². The van der Waals surface area contributed by atoms with E-state index in [4.69, 9.17) is 0 Å². The van der Waals surface area contributed by atoms with Gasteiger partial charge in [0.25, 0.3) is 0 Å². The van der Waals surface area contributed by atoms with E-state index in [1.54, 1.807) is 0 Å². The van der Waals surface area contributed by atoms with Crippen LogP contribution in [0.4, 0.5) is 0 Å². The summed E-state index contributed by atoms with van der Waals surface area (Å²) in [7, 11) is 0. The molecular formula is C11H20N2. The maximum Gasteiger partial charge on any atom is 0.0524 e. The maximum absolute atomic E-state index is 4.34. The molecule has 0 spiro atoms. The highest BCUT2D eigenvalue weighted by Crippen LogP contribution is 2.18. The van der Waals surface area contributed by atoms with E-state index in [-0.39, 0.29) is 0 Å². The van der Waals surface area contributed by atoms with Crippen molar-refractivity contribution < 1.29 is 0 Å². The molecule has 0 aliphatic carbocycles. The highest BCUT2D eigenvalue weighted by atomic mass is 15.3. The molecule has 2 nitrogen and oxygen atoms in total. The van der Waals surface area contributed by atoms with Crippen LogP contribution in [0.2, 0.25) is 0 Å². The van der Waals surface area contributed by atoms with Gasteiger partial charge < -0.3 is 0 Å². The van der Waals surface area contributed by atoms with Gasteiger partial charge in [0.15, 0.2) is 0 Å². The van der Waals surface area contributed by atoms with Crippen molar-refractivity contribution in [2.24, 2.45) is 5.41 Å². The van der Waals surface area contributed by atoms with Crippen LogP contribution in [0.15, 0.2) is 12.4 Å². The zero-order valence-corrected chi connectivity index (χ0v) is 9.33. The zero-order valence-electron chi connectivity index (χ0n) is 9.33. The summed E-state index contributed by atoms with van der Waals surface area (Å²) in [6.45, 7) is 12.0. The van der Waals surface area contributed by atoms with Crippen LogP contribution in [0.25, 0.3) is 0 Å².